The van der Waals surface area contributed by atoms with E-state index in [-0.39, 0.29) is 100 Å². The van der Waals surface area contributed by atoms with Crippen LogP contribution in [0.2, 0.25) is 0 Å². The number of likely N-dealkylation sites (tertiary alicyclic amines) is 1. The van der Waals surface area contributed by atoms with Crippen molar-refractivity contribution in [3.63, 3.8) is 0 Å². The van der Waals surface area contributed by atoms with Crippen molar-refractivity contribution >= 4 is 47.4 Å². The van der Waals surface area contributed by atoms with Gasteiger partial charge in [0.15, 0.2) is 6.29 Å². The Kier molecular flexibility index (Phi) is 32.7. The van der Waals surface area contributed by atoms with E-state index in [1.54, 1.807) is 23.8 Å². The number of esters is 2. The molecule has 2 rings (SSSR count). The number of hydrogen-bond acceptors (Lipinski definition) is 16. The van der Waals surface area contributed by atoms with Crippen molar-refractivity contribution in [3.05, 3.63) is 35.9 Å². The molecule has 0 bridgehead atoms. The quantitative estimate of drug-likeness (QED) is 0.0361. The van der Waals surface area contributed by atoms with Gasteiger partial charge < -0.3 is 64.6 Å². The number of aliphatic hydroxyl groups excluding tert-OH is 1. The normalized spacial score (nSPS) is 17.7. The van der Waals surface area contributed by atoms with Crippen molar-refractivity contribution in [2.45, 2.75) is 187 Å². The summed E-state index contributed by atoms with van der Waals surface area (Å²) >= 11 is 0. The summed E-state index contributed by atoms with van der Waals surface area (Å²) in [5, 5.41) is 20.7. The van der Waals surface area contributed by atoms with E-state index in [0.717, 1.165) is 5.56 Å². The molecule has 80 heavy (non-hydrogen) atoms. The molecule has 1 aliphatic rings. The predicted molar refractivity (Wildman–Crippen MR) is 301 cm³/mol. The highest BCUT2D eigenvalue weighted by atomic mass is 16.7. The van der Waals surface area contributed by atoms with Gasteiger partial charge in [-0.3, -0.25) is 38.5 Å². The van der Waals surface area contributed by atoms with Crippen LogP contribution in [-0.2, 0) is 73.2 Å². The highest BCUT2D eigenvalue weighted by Gasteiger charge is 2.44. The van der Waals surface area contributed by atoms with Crippen LogP contribution >= 0.6 is 0 Å². The molecule has 1 aromatic carbocycles. The summed E-state index contributed by atoms with van der Waals surface area (Å²) in [6.07, 6.45) is 0.111. The Morgan fingerprint density at radius 3 is 2.01 bits per heavy atom. The zero-order chi connectivity index (χ0) is 60.2. The number of methoxy groups -OCH3 is 3. The number of ether oxygens (including phenoxy) is 6. The molecular weight excluding hydrogens is 1030 g/mol. The Morgan fingerprint density at radius 2 is 1.45 bits per heavy atom. The Balaban J connectivity index is 2.07. The van der Waals surface area contributed by atoms with E-state index in [9.17, 15) is 43.5 Å². The Labute approximate surface area is 476 Å². The molecule has 6 amide bonds. The molecule has 456 valence electrons. The number of nitrogens with one attached hydrogen (secondary N) is 4. The molecule has 22 heteroatoms. The van der Waals surface area contributed by atoms with Crippen LogP contribution in [0.3, 0.4) is 0 Å². The molecule has 1 aliphatic heterocycles. The number of benzene rings is 1. The van der Waals surface area contributed by atoms with E-state index >= 15 is 0 Å². The van der Waals surface area contributed by atoms with Gasteiger partial charge in [0.05, 0.1) is 62.0 Å². The van der Waals surface area contributed by atoms with Crippen LogP contribution < -0.4 is 21.3 Å². The fourth-order valence-electron chi connectivity index (χ4n) is 10.1. The predicted octanol–water partition coefficient (Wildman–Crippen LogP) is 3.39. The van der Waals surface area contributed by atoms with E-state index in [0.29, 0.717) is 32.2 Å². The summed E-state index contributed by atoms with van der Waals surface area (Å²) in [5.41, 5.74) is 0.802. The summed E-state index contributed by atoms with van der Waals surface area (Å²) < 4.78 is 33.3. The molecule has 0 radical (unpaired) electrons. The first-order chi connectivity index (χ1) is 37.9. The second-order valence-electron chi connectivity index (χ2n) is 21.9. The summed E-state index contributed by atoms with van der Waals surface area (Å²) in [4.78, 5) is 113. The summed E-state index contributed by atoms with van der Waals surface area (Å²) in [7, 11) is 9.79. The third-order valence-corrected chi connectivity index (χ3v) is 14.9. The van der Waals surface area contributed by atoms with Gasteiger partial charge in [-0.25, -0.2) is 4.79 Å². The average Bonchev–Trinajstić information content (AvgIpc) is 3.92. The van der Waals surface area contributed by atoms with Gasteiger partial charge in [0.25, 0.3) is 0 Å². The fourth-order valence-corrected chi connectivity index (χ4v) is 10.1. The highest BCUT2D eigenvalue weighted by Crippen LogP contribution is 2.30. The number of aliphatic hydroxyl groups is 1. The zero-order valence-electron chi connectivity index (χ0n) is 50.6. The molecule has 1 saturated heterocycles. The number of likely N-dealkylation sites (N-methyl/N-ethyl adjacent to an activating group) is 2. The first kappa shape index (κ1) is 70.8. The van der Waals surface area contributed by atoms with Gasteiger partial charge in [-0.1, -0.05) is 92.1 Å². The lowest BCUT2D eigenvalue weighted by Crippen LogP contribution is -2.59. The van der Waals surface area contributed by atoms with E-state index < -0.39 is 96.4 Å². The first-order valence-electron chi connectivity index (χ1n) is 28.5. The second-order valence-corrected chi connectivity index (χ2v) is 21.9. The molecular formula is C58H99N7O15. The van der Waals surface area contributed by atoms with Crippen molar-refractivity contribution in [1.82, 2.24) is 36.0 Å². The lowest BCUT2D eigenvalue weighted by atomic mass is 9.89. The SMILES string of the molecule is CCC(CO)OC(COC(=O)CCCC(=O)NC(C)C(=O)OCCCNC(=O)[C@H](Cc1ccccc1)NC(=O)[C@H](C)[C@@H](OC)[C@@H]1CCCN1C(=O)C[C@@H](OC)[C@H]([C@@H](C)CC)N(C)C(=O)[C@H](NC(=O)[C@H](C(C)C)N(C)C)C(C)C)OC. The Bertz CT molecular complexity index is 2050. The number of nitrogens with zero attached hydrogens (tertiary/aromatic N) is 3. The van der Waals surface area contributed by atoms with Crippen molar-refractivity contribution < 1.29 is 71.9 Å². The average molecular weight is 1130 g/mol. The van der Waals surface area contributed by atoms with Crippen LogP contribution in [0.15, 0.2) is 30.3 Å². The third-order valence-electron chi connectivity index (χ3n) is 14.9. The standard InChI is InChI=1S/C58H99N7O15/c1-16-38(7)52(64(12)57(73)50(36(3)4)62-56(72)51(37(5)6)63(10)11)45(75-13)33-47(68)65-30-22-26-44(65)53(77-15)39(8)54(70)61-43(32-41-24-19-18-20-25-41)55(71)59-29-23-31-78-58(74)40(9)60-46(67)27-21-28-48(69)79-35-49(76-14)80-42(17-2)34-66/h18-20,24-25,36-40,42-45,49-53,66H,16-17,21-23,26-35H2,1-15H3,(H,59,71)(H,60,67)(H,61,70)(H,62,72)/t38-,39+,40?,42?,43-,44-,45+,49?,50+,51-,52-,53+/m0/s1. The molecule has 22 nitrogen and oxygen atoms in total. The van der Waals surface area contributed by atoms with Crippen molar-refractivity contribution in [2.24, 2.45) is 23.7 Å². The molecule has 3 unspecified atom stereocenters. The molecule has 5 N–H and O–H groups in total. The Hall–Kier alpha value is -5.26. The zero-order valence-corrected chi connectivity index (χ0v) is 50.6. The minimum atomic E-state index is -1.000. The highest BCUT2D eigenvalue weighted by molar-refractivity contribution is 5.91. The van der Waals surface area contributed by atoms with Crippen LogP contribution in [0.25, 0.3) is 0 Å². The van der Waals surface area contributed by atoms with Gasteiger partial charge in [-0.05, 0) is 76.4 Å². The summed E-state index contributed by atoms with van der Waals surface area (Å²) in [5.74, 6) is -4.48. The lowest BCUT2D eigenvalue weighted by molar-refractivity contribution is -0.194. The smallest absolute Gasteiger partial charge is 0.328 e. The summed E-state index contributed by atoms with van der Waals surface area (Å²) in [6, 6.07) is 4.97. The van der Waals surface area contributed by atoms with Crippen molar-refractivity contribution in [3.8, 4) is 0 Å². The number of carbonyl (C=O) groups excluding carboxylic acids is 8. The Morgan fingerprint density at radius 1 is 0.775 bits per heavy atom. The van der Waals surface area contributed by atoms with E-state index in [2.05, 4.69) is 21.3 Å². The van der Waals surface area contributed by atoms with Crippen LogP contribution in [-0.4, -0.2) is 203 Å². The van der Waals surface area contributed by atoms with Crippen molar-refractivity contribution in [2.75, 3.05) is 75.4 Å². The van der Waals surface area contributed by atoms with Crippen LogP contribution in [0.1, 0.15) is 126 Å². The van der Waals surface area contributed by atoms with Gasteiger partial charge in [0.1, 0.15) is 24.7 Å². The minimum absolute atomic E-state index is 0.00492. The molecule has 0 spiro atoms. The van der Waals surface area contributed by atoms with Gasteiger partial charge in [0, 0.05) is 60.7 Å². The molecule has 0 saturated carbocycles. The molecule has 1 heterocycles. The lowest BCUT2D eigenvalue weighted by Gasteiger charge is -2.41. The summed E-state index contributed by atoms with van der Waals surface area (Å²) in [6.45, 7) is 16.8. The molecule has 1 aromatic rings. The monoisotopic (exact) mass is 1130 g/mol. The largest absolute Gasteiger partial charge is 0.464 e. The van der Waals surface area contributed by atoms with Gasteiger partial charge in [-0.2, -0.15) is 0 Å². The molecule has 0 aliphatic carbocycles. The second kappa shape index (κ2) is 37.0. The maximum absolute atomic E-state index is 14.5. The van der Waals surface area contributed by atoms with Crippen LogP contribution in [0.5, 0.6) is 0 Å². The van der Waals surface area contributed by atoms with E-state index in [4.69, 9.17) is 28.4 Å². The topological polar surface area (TPSA) is 270 Å². The maximum Gasteiger partial charge on any atom is 0.328 e. The molecule has 1 fully saturated rings. The fraction of sp³-hybridized carbons (Fsp3) is 0.759. The van der Waals surface area contributed by atoms with E-state index in [1.165, 1.54) is 28.3 Å². The first-order valence-corrected chi connectivity index (χ1v) is 28.5. The minimum Gasteiger partial charge on any atom is -0.464 e. The van der Waals surface area contributed by atoms with Gasteiger partial charge in [0.2, 0.25) is 35.4 Å². The number of hydrogen-bond donors (Lipinski definition) is 5. The van der Waals surface area contributed by atoms with Crippen LogP contribution in [0.4, 0.5) is 0 Å². The number of carbonyl (C=O) groups is 8. The van der Waals surface area contributed by atoms with Crippen LogP contribution in [0, 0.1) is 23.7 Å². The molecule has 12 atom stereocenters. The third kappa shape index (κ3) is 22.9. The van der Waals surface area contributed by atoms with Gasteiger partial charge in [-0.15, -0.1) is 0 Å². The number of rotatable bonds is 38. The maximum atomic E-state index is 14.5. The number of amides is 6. The molecule has 0 aromatic heterocycles. The van der Waals surface area contributed by atoms with Gasteiger partial charge >= 0.3 is 11.9 Å². The van der Waals surface area contributed by atoms with Crippen molar-refractivity contribution in [1.29, 1.82) is 0 Å². The van der Waals surface area contributed by atoms with E-state index in [1.807, 2.05) is 97.8 Å².